The summed E-state index contributed by atoms with van der Waals surface area (Å²) in [6, 6.07) is 25.3. The molecule has 1 amide bonds. The number of benzene rings is 3. The summed E-state index contributed by atoms with van der Waals surface area (Å²) < 4.78 is 13.0. The van der Waals surface area contributed by atoms with E-state index in [-0.39, 0.29) is 0 Å². The quantitative estimate of drug-likeness (QED) is 0.386. The molecular weight excluding hydrogens is 402 g/mol. The van der Waals surface area contributed by atoms with Crippen molar-refractivity contribution in [3.05, 3.63) is 90.8 Å². The van der Waals surface area contributed by atoms with Crippen LogP contribution in [0.5, 0.6) is 11.5 Å². The largest absolute Gasteiger partial charge is 0.496 e. The molecule has 0 fully saturated rings. The summed E-state index contributed by atoms with van der Waals surface area (Å²) in [5, 5.41) is 7.21. The number of hydrogen-bond donors (Lipinski definition) is 1. The van der Waals surface area contributed by atoms with E-state index in [1.54, 1.807) is 19.4 Å². The highest BCUT2D eigenvalue weighted by Crippen LogP contribution is 2.32. The number of anilines is 1. The molecule has 4 rings (SSSR count). The zero-order valence-corrected chi connectivity index (χ0v) is 18.1. The standard InChI is InChI=1S/C26H25N3O3/c1-3-10-23-25(18-27-29(23)21-13-8-5-9-14-21)32-26(30)28-20-15-16-22(24(17-20)31-2)19-11-6-4-7-12-19/h4-9,11-18H,3,10H2,1-2H3,(H,28,30). The van der Waals surface area contributed by atoms with Gasteiger partial charge in [0.1, 0.15) is 5.75 Å². The molecule has 0 saturated heterocycles. The number of methoxy groups -OCH3 is 1. The van der Waals surface area contributed by atoms with Gasteiger partial charge in [-0.05, 0) is 36.2 Å². The van der Waals surface area contributed by atoms with E-state index < -0.39 is 6.09 Å². The molecular formula is C26H25N3O3. The van der Waals surface area contributed by atoms with E-state index in [0.717, 1.165) is 35.3 Å². The van der Waals surface area contributed by atoms with Crippen molar-refractivity contribution in [1.29, 1.82) is 0 Å². The molecule has 1 N–H and O–H groups in total. The van der Waals surface area contributed by atoms with Crippen molar-refractivity contribution >= 4 is 11.8 Å². The number of hydrogen-bond acceptors (Lipinski definition) is 4. The van der Waals surface area contributed by atoms with Crippen LogP contribution < -0.4 is 14.8 Å². The Bertz CT molecular complexity index is 1190. The minimum Gasteiger partial charge on any atom is -0.496 e. The number of aromatic nitrogens is 2. The SMILES string of the molecule is CCCc1c(OC(=O)Nc2ccc(-c3ccccc3)c(OC)c2)cnn1-c1ccccc1. The molecule has 0 aliphatic heterocycles. The number of amides is 1. The number of para-hydroxylation sites is 1. The van der Waals surface area contributed by atoms with E-state index >= 15 is 0 Å². The molecule has 0 saturated carbocycles. The zero-order valence-electron chi connectivity index (χ0n) is 18.1. The van der Waals surface area contributed by atoms with Crippen LogP contribution in [0.4, 0.5) is 10.5 Å². The smallest absolute Gasteiger partial charge is 0.417 e. The molecule has 1 heterocycles. The Morgan fingerprint density at radius 3 is 2.38 bits per heavy atom. The molecule has 0 spiro atoms. The molecule has 0 aliphatic rings. The van der Waals surface area contributed by atoms with Gasteiger partial charge in [0, 0.05) is 17.3 Å². The maximum atomic E-state index is 12.6. The Morgan fingerprint density at radius 1 is 0.969 bits per heavy atom. The van der Waals surface area contributed by atoms with Crippen LogP contribution in [0, 0.1) is 0 Å². The lowest BCUT2D eigenvalue weighted by atomic mass is 10.0. The first-order valence-corrected chi connectivity index (χ1v) is 10.5. The summed E-state index contributed by atoms with van der Waals surface area (Å²) in [4.78, 5) is 12.6. The molecule has 32 heavy (non-hydrogen) atoms. The molecule has 6 nitrogen and oxygen atoms in total. The fourth-order valence-corrected chi connectivity index (χ4v) is 3.57. The summed E-state index contributed by atoms with van der Waals surface area (Å²) in [5.41, 5.74) is 4.34. The third kappa shape index (κ3) is 4.64. The van der Waals surface area contributed by atoms with Crippen LogP contribution in [0.1, 0.15) is 19.0 Å². The molecule has 1 aromatic heterocycles. The minimum absolute atomic E-state index is 0.445. The van der Waals surface area contributed by atoms with Gasteiger partial charge in [0.15, 0.2) is 5.75 Å². The van der Waals surface area contributed by atoms with Gasteiger partial charge in [-0.15, -0.1) is 0 Å². The van der Waals surface area contributed by atoms with Crippen molar-refractivity contribution in [1.82, 2.24) is 9.78 Å². The molecule has 0 radical (unpaired) electrons. The Balaban J connectivity index is 1.52. The van der Waals surface area contributed by atoms with Crippen molar-refractivity contribution in [3.8, 4) is 28.3 Å². The Labute approximate surface area is 187 Å². The van der Waals surface area contributed by atoms with E-state index in [4.69, 9.17) is 9.47 Å². The topological polar surface area (TPSA) is 65.4 Å². The molecule has 4 aromatic rings. The molecule has 162 valence electrons. The van der Waals surface area contributed by atoms with E-state index in [9.17, 15) is 4.79 Å². The van der Waals surface area contributed by atoms with E-state index in [1.807, 2.05) is 77.5 Å². The van der Waals surface area contributed by atoms with Gasteiger partial charge in [-0.1, -0.05) is 61.9 Å². The maximum Gasteiger partial charge on any atom is 0.417 e. The predicted molar refractivity (Wildman–Crippen MR) is 126 cm³/mol. The average molecular weight is 428 g/mol. The van der Waals surface area contributed by atoms with Crippen LogP contribution in [-0.2, 0) is 6.42 Å². The van der Waals surface area contributed by atoms with Crippen molar-refractivity contribution in [3.63, 3.8) is 0 Å². The lowest BCUT2D eigenvalue weighted by molar-refractivity contribution is 0.214. The molecule has 0 atom stereocenters. The van der Waals surface area contributed by atoms with Gasteiger partial charge in [0.05, 0.1) is 24.7 Å². The highest BCUT2D eigenvalue weighted by atomic mass is 16.6. The highest BCUT2D eigenvalue weighted by molar-refractivity contribution is 5.88. The van der Waals surface area contributed by atoms with Crippen molar-refractivity contribution in [2.75, 3.05) is 12.4 Å². The molecule has 3 aromatic carbocycles. The predicted octanol–water partition coefficient (Wildman–Crippen LogP) is 6.11. The number of ether oxygens (including phenoxy) is 2. The molecule has 0 unspecified atom stereocenters. The number of nitrogens with zero attached hydrogens (tertiary/aromatic N) is 2. The normalized spacial score (nSPS) is 10.6. The Hall–Kier alpha value is -4.06. The van der Waals surface area contributed by atoms with Gasteiger partial charge in [-0.25, -0.2) is 9.48 Å². The number of rotatable bonds is 7. The highest BCUT2D eigenvalue weighted by Gasteiger charge is 2.17. The Morgan fingerprint density at radius 2 is 1.69 bits per heavy atom. The van der Waals surface area contributed by atoms with Crippen molar-refractivity contribution < 1.29 is 14.3 Å². The van der Waals surface area contributed by atoms with Crippen LogP contribution in [0.25, 0.3) is 16.8 Å². The second-order valence-corrected chi connectivity index (χ2v) is 7.25. The molecule has 6 heteroatoms. The molecule has 0 bridgehead atoms. The Kier molecular flexibility index (Phi) is 6.51. The lowest BCUT2D eigenvalue weighted by Gasteiger charge is -2.12. The van der Waals surface area contributed by atoms with E-state index in [1.165, 1.54) is 0 Å². The fraction of sp³-hybridized carbons (Fsp3) is 0.154. The average Bonchev–Trinajstić information content (AvgIpc) is 3.22. The van der Waals surface area contributed by atoms with Crippen LogP contribution in [0.2, 0.25) is 0 Å². The third-order valence-corrected chi connectivity index (χ3v) is 5.05. The summed E-state index contributed by atoms with van der Waals surface area (Å²) in [6.07, 6.45) is 2.63. The van der Waals surface area contributed by atoms with Gasteiger partial charge in [0.25, 0.3) is 0 Å². The second-order valence-electron chi connectivity index (χ2n) is 7.25. The fourth-order valence-electron chi connectivity index (χ4n) is 3.57. The van der Waals surface area contributed by atoms with E-state index in [0.29, 0.717) is 17.2 Å². The van der Waals surface area contributed by atoms with Gasteiger partial charge < -0.3 is 9.47 Å². The number of carbonyl (C=O) groups excluding carboxylic acids is 1. The lowest BCUT2D eigenvalue weighted by Crippen LogP contribution is -2.17. The van der Waals surface area contributed by atoms with E-state index in [2.05, 4.69) is 17.3 Å². The first-order valence-electron chi connectivity index (χ1n) is 10.5. The summed E-state index contributed by atoms with van der Waals surface area (Å²) in [7, 11) is 1.61. The number of nitrogens with one attached hydrogen (secondary N) is 1. The van der Waals surface area contributed by atoms with Crippen LogP contribution in [0.15, 0.2) is 85.1 Å². The number of carbonyl (C=O) groups is 1. The third-order valence-electron chi connectivity index (χ3n) is 5.05. The van der Waals surface area contributed by atoms with Crippen molar-refractivity contribution in [2.24, 2.45) is 0 Å². The first kappa shape index (κ1) is 21.2. The monoisotopic (exact) mass is 427 g/mol. The van der Waals surface area contributed by atoms with Crippen LogP contribution in [-0.4, -0.2) is 23.0 Å². The van der Waals surface area contributed by atoms with Gasteiger partial charge in [0.2, 0.25) is 0 Å². The first-order chi connectivity index (χ1) is 15.7. The van der Waals surface area contributed by atoms with Crippen LogP contribution in [0.3, 0.4) is 0 Å². The molecule has 0 aliphatic carbocycles. The van der Waals surface area contributed by atoms with Gasteiger partial charge >= 0.3 is 6.09 Å². The van der Waals surface area contributed by atoms with Crippen molar-refractivity contribution in [2.45, 2.75) is 19.8 Å². The summed E-state index contributed by atoms with van der Waals surface area (Å²) >= 11 is 0. The minimum atomic E-state index is -0.579. The van der Waals surface area contributed by atoms with Gasteiger partial charge in [-0.3, -0.25) is 5.32 Å². The zero-order chi connectivity index (χ0) is 22.3. The van der Waals surface area contributed by atoms with Gasteiger partial charge in [-0.2, -0.15) is 5.10 Å². The second kappa shape index (κ2) is 9.83. The summed E-state index contributed by atoms with van der Waals surface area (Å²) in [6.45, 7) is 2.08. The van der Waals surface area contributed by atoms with Crippen LogP contribution >= 0.6 is 0 Å². The maximum absolute atomic E-state index is 12.6. The summed E-state index contributed by atoms with van der Waals surface area (Å²) in [5.74, 6) is 1.11.